The molecule has 0 radical (unpaired) electrons. The van der Waals surface area contributed by atoms with Gasteiger partial charge in [0, 0.05) is 18.4 Å². The Balaban J connectivity index is 1.75. The largest absolute Gasteiger partial charge is 0.319 e. The summed E-state index contributed by atoms with van der Waals surface area (Å²) in [6.07, 6.45) is 0.281. The maximum Gasteiger partial charge on any atom is 0.255 e. The second-order valence-electron chi connectivity index (χ2n) is 5.37. The second kappa shape index (κ2) is 6.90. The van der Waals surface area contributed by atoms with Gasteiger partial charge in [0.1, 0.15) is 0 Å². The van der Waals surface area contributed by atoms with Crippen molar-refractivity contribution in [3.63, 3.8) is 0 Å². The fourth-order valence-corrected chi connectivity index (χ4v) is 2.51. The molecule has 128 valence electrons. The molecule has 1 fully saturated rings. The molecule has 25 heavy (non-hydrogen) atoms. The van der Waals surface area contributed by atoms with E-state index < -0.39 is 11.7 Å². The number of anilines is 2. The Bertz CT molecular complexity index is 855. The molecule has 0 atom stereocenters. The van der Waals surface area contributed by atoms with Gasteiger partial charge in [-0.15, -0.1) is 0 Å². The lowest BCUT2D eigenvalue weighted by atomic mass is 10.1. The van der Waals surface area contributed by atoms with E-state index in [0.29, 0.717) is 5.69 Å². The zero-order chi connectivity index (χ0) is 18.0. The van der Waals surface area contributed by atoms with E-state index in [9.17, 15) is 18.8 Å². The monoisotopic (exact) mass is 361 g/mol. The topological polar surface area (TPSA) is 78.5 Å². The molecule has 2 aromatic carbocycles. The summed E-state index contributed by atoms with van der Waals surface area (Å²) < 4.78 is 13.8. The minimum Gasteiger partial charge on any atom is -0.319 e. The van der Waals surface area contributed by atoms with Crippen molar-refractivity contribution in [3.05, 3.63) is 58.9 Å². The quantitative estimate of drug-likeness (QED) is 0.882. The maximum absolute atomic E-state index is 13.8. The van der Waals surface area contributed by atoms with Crippen molar-refractivity contribution in [3.8, 4) is 0 Å². The third-order valence-electron chi connectivity index (χ3n) is 3.64. The van der Waals surface area contributed by atoms with Crippen molar-refractivity contribution in [1.29, 1.82) is 0 Å². The standard InChI is InChI=1S/C17H13ClFN3O3/c18-12-2-1-3-13(16(12)19)20-17(25)10-4-6-11(7-5-10)22-15(24)9-8-14(23)21-22/h1-7H,8-9H2,(H,20,25)(H,21,23). The molecule has 0 saturated carbocycles. The van der Waals surface area contributed by atoms with Crippen molar-refractivity contribution >= 4 is 40.7 Å². The molecule has 8 heteroatoms. The lowest BCUT2D eigenvalue weighted by Gasteiger charge is -2.27. The molecule has 0 aliphatic carbocycles. The number of hydrogen-bond donors (Lipinski definition) is 2. The summed E-state index contributed by atoms with van der Waals surface area (Å²) in [4.78, 5) is 35.5. The van der Waals surface area contributed by atoms with Gasteiger partial charge in [-0.1, -0.05) is 17.7 Å². The molecule has 1 heterocycles. The van der Waals surface area contributed by atoms with Crippen molar-refractivity contribution < 1.29 is 18.8 Å². The van der Waals surface area contributed by atoms with E-state index in [1.54, 1.807) is 0 Å². The first kappa shape index (κ1) is 16.9. The molecule has 3 rings (SSSR count). The van der Waals surface area contributed by atoms with Crippen LogP contribution in [0.5, 0.6) is 0 Å². The number of carbonyl (C=O) groups excluding carboxylic acids is 3. The average molecular weight is 362 g/mol. The summed E-state index contributed by atoms with van der Waals surface area (Å²) in [5, 5.41) is 3.49. The van der Waals surface area contributed by atoms with Gasteiger partial charge in [0.05, 0.1) is 16.4 Å². The van der Waals surface area contributed by atoms with Gasteiger partial charge in [0.25, 0.3) is 5.91 Å². The summed E-state index contributed by atoms with van der Waals surface area (Å²) in [7, 11) is 0. The third kappa shape index (κ3) is 3.61. The van der Waals surface area contributed by atoms with E-state index in [0.717, 1.165) is 5.01 Å². The minimum atomic E-state index is -0.712. The Kier molecular flexibility index (Phi) is 4.67. The first-order valence-corrected chi connectivity index (χ1v) is 7.81. The van der Waals surface area contributed by atoms with Gasteiger partial charge >= 0.3 is 0 Å². The van der Waals surface area contributed by atoms with E-state index in [1.165, 1.54) is 42.5 Å². The SMILES string of the molecule is O=C1CCC(=O)N(c2ccc(C(=O)Nc3cccc(Cl)c3F)cc2)N1. The van der Waals surface area contributed by atoms with E-state index in [4.69, 9.17) is 11.6 Å². The average Bonchev–Trinajstić information content (AvgIpc) is 2.61. The molecule has 0 bridgehead atoms. The summed E-state index contributed by atoms with van der Waals surface area (Å²) in [5.41, 5.74) is 3.13. The lowest BCUT2D eigenvalue weighted by molar-refractivity contribution is -0.130. The molecule has 1 saturated heterocycles. The Morgan fingerprint density at radius 3 is 2.56 bits per heavy atom. The highest BCUT2D eigenvalue weighted by molar-refractivity contribution is 6.31. The van der Waals surface area contributed by atoms with E-state index in [1.807, 2.05) is 0 Å². The van der Waals surface area contributed by atoms with Gasteiger partial charge in [-0.3, -0.25) is 19.8 Å². The van der Waals surface area contributed by atoms with Gasteiger partial charge in [-0.2, -0.15) is 0 Å². The van der Waals surface area contributed by atoms with Crippen LogP contribution in [0.4, 0.5) is 15.8 Å². The molecule has 0 aromatic heterocycles. The van der Waals surface area contributed by atoms with Gasteiger partial charge < -0.3 is 5.32 Å². The smallest absolute Gasteiger partial charge is 0.255 e. The molecule has 0 unspecified atom stereocenters. The molecule has 2 aromatic rings. The minimum absolute atomic E-state index is 0.0277. The number of halogens is 2. The van der Waals surface area contributed by atoms with E-state index in [-0.39, 0.29) is 40.9 Å². The summed E-state index contributed by atoms with van der Waals surface area (Å²) >= 11 is 5.68. The Morgan fingerprint density at radius 2 is 1.84 bits per heavy atom. The predicted octanol–water partition coefficient (Wildman–Crippen LogP) is 2.89. The van der Waals surface area contributed by atoms with Crippen LogP contribution < -0.4 is 15.8 Å². The number of nitrogens with zero attached hydrogens (tertiary/aromatic N) is 1. The molecule has 6 nitrogen and oxygen atoms in total. The highest BCUT2D eigenvalue weighted by Gasteiger charge is 2.24. The normalized spacial score (nSPS) is 14.2. The van der Waals surface area contributed by atoms with Crippen LogP contribution in [0.15, 0.2) is 42.5 Å². The maximum atomic E-state index is 13.8. The molecule has 1 aliphatic heterocycles. The van der Waals surface area contributed by atoms with Crippen molar-refractivity contribution in [1.82, 2.24) is 5.43 Å². The number of nitrogens with one attached hydrogen (secondary N) is 2. The van der Waals surface area contributed by atoms with Crippen LogP contribution in [-0.2, 0) is 9.59 Å². The Morgan fingerprint density at radius 1 is 1.12 bits per heavy atom. The van der Waals surface area contributed by atoms with Crippen molar-refractivity contribution in [2.24, 2.45) is 0 Å². The zero-order valence-corrected chi connectivity index (χ0v) is 13.6. The Labute approximate surface area is 147 Å². The molecular weight excluding hydrogens is 349 g/mol. The number of rotatable bonds is 3. The van der Waals surface area contributed by atoms with Gasteiger partial charge in [-0.05, 0) is 36.4 Å². The van der Waals surface area contributed by atoms with Crippen LogP contribution in [-0.4, -0.2) is 17.7 Å². The summed E-state index contributed by atoms with van der Waals surface area (Å²) in [6.45, 7) is 0. The van der Waals surface area contributed by atoms with Crippen LogP contribution in [0, 0.1) is 5.82 Å². The number of benzene rings is 2. The lowest BCUT2D eigenvalue weighted by Crippen LogP contribution is -2.50. The van der Waals surface area contributed by atoms with E-state index in [2.05, 4.69) is 10.7 Å². The van der Waals surface area contributed by atoms with Crippen LogP contribution in [0.1, 0.15) is 23.2 Å². The van der Waals surface area contributed by atoms with Crippen LogP contribution in [0.3, 0.4) is 0 Å². The van der Waals surface area contributed by atoms with Crippen LogP contribution in [0.2, 0.25) is 5.02 Å². The van der Waals surface area contributed by atoms with Crippen LogP contribution >= 0.6 is 11.6 Å². The number of hydrazine groups is 1. The fraction of sp³-hybridized carbons (Fsp3) is 0.118. The molecule has 3 amide bonds. The number of amides is 3. The Hall–Kier alpha value is -2.93. The molecule has 1 aliphatic rings. The molecular formula is C17H13ClFN3O3. The van der Waals surface area contributed by atoms with Crippen molar-refractivity contribution in [2.45, 2.75) is 12.8 Å². The summed E-state index contributed by atoms with van der Waals surface area (Å²) in [6, 6.07) is 10.3. The van der Waals surface area contributed by atoms with E-state index >= 15 is 0 Å². The number of carbonyl (C=O) groups is 3. The highest BCUT2D eigenvalue weighted by Crippen LogP contribution is 2.23. The summed E-state index contributed by atoms with van der Waals surface area (Å²) in [5.74, 6) is -1.73. The van der Waals surface area contributed by atoms with Crippen LogP contribution in [0.25, 0.3) is 0 Å². The van der Waals surface area contributed by atoms with Gasteiger partial charge in [-0.25, -0.2) is 9.40 Å². The zero-order valence-electron chi connectivity index (χ0n) is 12.9. The first-order chi connectivity index (χ1) is 12.0. The fourth-order valence-electron chi connectivity index (χ4n) is 2.34. The van der Waals surface area contributed by atoms with Gasteiger partial charge in [0.2, 0.25) is 11.8 Å². The highest BCUT2D eigenvalue weighted by atomic mass is 35.5. The molecule has 0 spiro atoms. The second-order valence-corrected chi connectivity index (χ2v) is 5.77. The molecule has 2 N–H and O–H groups in total. The van der Waals surface area contributed by atoms with Crippen molar-refractivity contribution in [2.75, 3.05) is 10.3 Å². The first-order valence-electron chi connectivity index (χ1n) is 7.43. The number of hydrogen-bond acceptors (Lipinski definition) is 3. The van der Waals surface area contributed by atoms with Gasteiger partial charge in [0.15, 0.2) is 5.82 Å². The third-order valence-corrected chi connectivity index (χ3v) is 3.93. The predicted molar refractivity (Wildman–Crippen MR) is 90.7 cm³/mol.